The average molecular weight is 405 g/mol. The first kappa shape index (κ1) is 25.2. The molecule has 0 aliphatic heterocycles. The summed E-state index contributed by atoms with van der Waals surface area (Å²) in [6, 6.07) is 5.43. The van der Waals surface area contributed by atoms with Crippen LogP contribution in [0.3, 0.4) is 0 Å². The van der Waals surface area contributed by atoms with Gasteiger partial charge in [0.25, 0.3) is 0 Å². The van der Waals surface area contributed by atoms with Crippen molar-refractivity contribution in [2.24, 2.45) is 0 Å². The van der Waals surface area contributed by atoms with E-state index in [9.17, 15) is 9.59 Å². The second-order valence-corrected chi connectivity index (χ2v) is 7.79. The zero-order valence-electron chi connectivity index (χ0n) is 18.8. The summed E-state index contributed by atoms with van der Waals surface area (Å²) < 4.78 is 10.3. The van der Waals surface area contributed by atoms with Crippen molar-refractivity contribution in [3.8, 4) is 0 Å². The Labute approximate surface area is 177 Å². The van der Waals surface area contributed by atoms with Crippen molar-refractivity contribution in [2.45, 2.75) is 97.3 Å². The van der Waals surface area contributed by atoms with Crippen molar-refractivity contribution in [2.75, 3.05) is 13.7 Å². The molecule has 1 rings (SSSR count). The van der Waals surface area contributed by atoms with Crippen LogP contribution in [-0.2, 0) is 15.9 Å². The Hall–Kier alpha value is -1.84. The molecule has 0 amide bonds. The predicted octanol–water partition coefficient (Wildman–Crippen LogP) is 6.89. The fourth-order valence-electron chi connectivity index (χ4n) is 3.44. The van der Waals surface area contributed by atoms with Gasteiger partial charge in [0.05, 0.1) is 24.8 Å². The highest BCUT2D eigenvalue weighted by Crippen LogP contribution is 2.18. The lowest BCUT2D eigenvalue weighted by Crippen LogP contribution is -2.14. The lowest BCUT2D eigenvalue weighted by atomic mass is 9.99. The summed E-state index contributed by atoms with van der Waals surface area (Å²) in [6.07, 6.45) is 15.1. The van der Waals surface area contributed by atoms with Gasteiger partial charge in [-0.25, -0.2) is 9.59 Å². The average Bonchev–Trinajstić information content (AvgIpc) is 2.74. The number of unbranched alkanes of at least 4 members (excludes halogenated alkanes) is 10. The van der Waals surface area contributed by atoms with Crippen molar-refractivity contribution in [1.82, 2.24) is 0 Å². The molecule has 0 saturated heterocycles. The molecule has 0 aliphatic carbocycles. The molecule has 4 nitrogen and oxygen atoms in total. The number of carbonyl (C=O) groups is 2. The molecule has 0 radical (unpaired) electrons. The van der Waals surface area contributed by atoms with Crippen LogP contribution in [0.25, 0.3) is 0 Å². The van der Waals surface area contributed by atoms with Gasteiger partial charge in [-0.2, -0.15) is 0 Å². The molecule has 0 spiro atoms. The topological polar surface area (TPSA) is 52.6 Å². The van der Waals surface area contributed by atoms with Crippen molar-refractivity contribution >= 4 is 11.9 Å². The van der Waals surface area contributed by atoms with Crippen molar-refractivity contribution < 1.29 is 19.1 Å². The molecule has 0 aliphatic rings. The quantitative estimate of drug-likeness (QED) is 0.222. The van der Waals surface area contributed by atoms with E-state index in [1.54, 1.807) is 12.1 Å². The molecule has 29 heavy (non-hydrogen) atoms. The molecular formula is C25H40O4. The summed E-state index contributed by atoms with van der Waals surface area (Å²) in [5.74, 6) is -0.925. The Morgan fingerprint density at radius 1 is 0.724 bits per heavy atom. The standard InChI is InChI=1S/C25H40O4/c1-4-6-8-10-12-14-16-21-17-18-22(23(20-21)24(26)28-3)25(27)29-19-15-13-11-9-7-5-2/h17-18,20H,4-16,19H2,1-3H3. The Morgan fingerprint density at radius 3 is 1.93 bits per heavy atom. The molecule has 1 aromatic carbocycles. The van der Waals surface area contributed by atoms with Crippen molar-refractivity contribution in [3.05, 3.63) is 34.9 Å². The lowest BCUT2D eigenvalue weighted by molar-refractivity contribution is 0.0480. The van der Waals surface area contributed by atoms with E-state index in [0.717, 1.165) is 31.2 Å². The van der Waals surface area contributed by atoms with Gasteiger partial charge in [0.1, 0.15) is 0 Å². The second kappa shape index (κ2) is 16.0. The Balaban J connectivity index is 2.55. The van der Waals surface area contributed by atoms with E-state index in [0.29, 0.717) is 17.7 Å². The molecule has 0 bridgehead atoms. The molecule has 0 unspecified atom stereocenters. The minimum Gasteiger partial charge on any atom is -0.465 e. The van der Waals surface area contributed by atoms with Gasteiger partial charge in [0, 0.05) is 0 Å². The number of benzene rings is 1. The number of rotatable bonds is 16. The molecule has 164 valence electrons. The SMILES string of the molecule is CCCCCCCCOC(=O)c1ccc(CCCCCCCC)cc1C(=O)OC. The fraction of sp³-hybridized carbons (Fsp3) is 0.680. The zero-order chi connectivity index (χ0) is 21.3. The molecule has 0 saturated carbocycles. The van der Waals surface area contributed by atoms with Crippen LogP contribution in [0, 0.1) is 0 Å². The molecule has 1 aromatic rings. The zero-order valence-corrected chi connectivity index (χ0v) is 18.8. The molecule has 0 aromatic heterocycles. The molecule has 0 fully saturated rings. The van der Waals surface area contributed by atoms with Crippen LogP contribution in [0.15, 0.2) is 18.2 Å². The van der Waals surface area contributed by atoms with Crippen LogP contribution in [0.2, 0.25) is 0 Å². The maximum Gasteiger partial charge on any atom is 0.339 e. The molecule has 4 heteroatoms. The largest absolute Gasteiger partial charge is 0.465 e. The summed E-state index contributed by atoms with van der Waals surface area (Å²) in [5.41, 5.74) is 1.67. The van der Waals surface area contributed by atoms with E-state index < -0.39 is 11.9 Å². The summed E-state index contributed by atoms with van der Waals surface area (Å²) in [4.78, 5) is 24.6. The van der Waals surface area contributed by atoms with Gasteiger partial charge >= 0.3 is 11.9 Å². The highest BCUT2D eigenvalue weighted by atomic mass is 16.5. The highest BCUT2D eigenvalue weighted by Gasteiger charge is 2.19. The smallest absolute Gasteiger partial charge is 0.339 e. The number of ether oxygens (including phenoxy) is 2. The van der Waals surface area contributed by atoms with E-state index >= 15 is 0 Å². The first-order valence-corrected chi connectivity index (χ1v) is 11.5. The van der Waals surface area contributed by atoms with Crippen molar-refractivity contribution in [1.29, 1.82) is 0 Å². The fourth-order valence-corrected chi connectivity index (χ4v) is 3.44. The van der Waals surface area contributed by atoms with E-state index in [1.807, 2.05) is 6.07 Å². The van der Waals surface area contributed by atoms with Crippen LogP contribution in [0.1, 0.15) is 117 Å². The van der Waals surface area contributed by atoms with E-state index in [2.05, 4.69) is 13.8 Å². The summed E-state index contributed by atoms with van der Waals surface area (Å²) in [6.45, 7) is 4.80. The Kier molecular flexibility index (Phi) is 13.9. The molecule has 0 atom stereocenters. The summed E-state index contributed by atoms with van der Waals surface area (Å²) in [7, 11) is 1.34. The van der Waals surface area contributed by atoms with Gasteiger partial charge in [-0.15, -0.1) is 0 Å². The van der Waals surface area contributed by atoms with Crippen LogP contribution in [0.4, 0.5) is 0 Å². The maximum absolute atomic E-state index is 12.5. The predicted molar refractivity (Wildman–Crippen MR) is 119 cm³/mol. The van der Waals surface area contributed by atoms with Crippen molar-refractivity contribution in [3.63, 3.8) is 0 Å². The first-order chi connectivity index (χ1) is 14.1. The van der Waals surface area contributed by atoms with Gasteiger partial charge in [-0.05, 0) is 37.0 Å². The second-order valence-electron chi connectivity index (χ2n) is 7.79. The summed E-state index contributed by atoms with van der Waals surface area (Å²) in [5, 5.41) is 0. The number of methoxy groups -OCH3 is 1. The van der Waals surface area contributed by atoms with E-state index in [-0.39, 0.29) is 0 Å². The number of hydrogen-bond acceptors (Lipinski definition) is 4. The lowest BCUT2D eigenvalue weighted by Gasteiger charge is -2.11. The van der Waals surface area contributed by atoms with Crippen LogP contribution >= 0.6 is 0 Å². The van der Waals surface area contributed by atoms with Crippen LogP contribution < -0.4 is 0 Å². The monoisotopic (exact) mass is 404 g/mol. The normalized spacial score (nSPS) is 10.7. The third kappa shape index (κ3) is 10.5. The summed E-state index contributed by atoms with van der Waals surface area (Å²) >= 11 is 0. The van der Waals surface area contributed by atoms with Crippen LogP contribution in [0.5, 0.6) is 0 Å². The van der Waals surface area contributed by atoms with E-state index in [4.69, 9.17) is 9.47 Å². The highest BCUT2D eigenvalue weighted by molar-refractivity contribution is 6.03. The van der Waals surface area contributed by atoms with E-state index in [1.165, 1.54) is 64.9 Å². The number of carbonyl (C=O) groups excluding carboxylic acids is 2. The molecule has 0 N–H and O–H groups in total. The minimum absolute atomic E-state index is 0.300. The number of hydrogen-bond donors (Lipinski definition) is 0. The van der Waals surface area contributed by atoms with Crippen LogP contribution in [-0.4, -0.2) is 25.7 Å². The Morgan fingerprint density at radius 2 is 1.31 bits per heavy atom. The van der Waals surface area contributed by atoms with Gasteiger partial charge in [0.2, 0.25) is 0 Å². The third-order valence-electron chi connectivity index (χ3n) is 5.26. The molecule has 0 heterocycles. The minimum atomic E-state index is -0.485. The first-order valence-electron chi connectivity index (χ1n) is 11.5. The molecular weight excluding hydrogens is 364 g/mol. The number of esters is 2. The Bertz CT molecular complexity index is 594. The maximum atomic E-state index is 12.5. The number of aryl methyl sites for hydroxylation is 1. The third-order valence-corrected chi connectivity index (χ3v) is 5.26. The van der Waals surface area contributed by atoms with Gasteiger partial charge in [0.15, 0.2) is 0 Å². The van der Waals surface area contributed by atoms with Gasteiger partial charge in [-0.1, -0.05) is 84.1 Å². The van der Waals surface area contributed by atoms with Gasteiger partial charge in [-0.3, -0.25) is 0 Å². The van der Waals surface area contributed by atoms with Gasteiger partial charge < -0.3 is 9.47 Å².